The molecule has 2 amide bonds. The van der Waals surface area contributed by atoms with Crippen molar-refractivity contribution in [2.45, 2.75) is 57.7 Å². The van der Waals surface area contributed by atoms with Gasteiger partial charge in [-0.2, -0.15) is 0 Å². The molecule has 0 spiro atoms. The monoisotopic (exact) mass is 385 g/mol. The largest absolute Gasteiger partial charge is 0.391 e. The van der Waals surface area contributed by atoms with Crippen LogP contribution in [0.2, 0.25) is 0 Å². The molecule has 3 N–H and O–H groups in total. The summed E-state index contributed by atoms with van der Waals surface area (Å²) < 4.78 is 1.53. The van der Waals surface area contributed by atoms with Crippen LogP contribution in [0, 0.1) is 5.92 Å². The minimum atomic E-state index is -0.780. The molecule has 1 aromatic heterocycles. The predicted molar refractivity (Wildman–Crippen MR) is 104 cm³/mol. The van der Waals surface area contributed by atoms with Crippen LogP contribution >= 0.6 is 0 Å². The van der Waals surface area contributed by atoms with Gasteiger partial charge in [0.15, 0.2) is 5.69 Å². The molecule has 0 unspecified atom stereocenters. The van der Waals surface area contributed by atoms with Crippen molar-refractivity contribution in [3.05, 3.63) is 42.2 Å². The first-order valence-corrected chi connectivity index (χ1v) is 9.51. The number of aromatic nitrogens is 3. The molecule has 0 aliphatic heterocycles. The Balaban J connectivity index is 1.57. The Morgan fingerprint density at radius 1 is 1.18 bits per heavy atom. The van der Waals surface area contributed by atoms with Crippen LogP contribution in [0.5, 0.6) is 0 Å². The number of hydrogen-bond donors (Lipinski definition) is 3. The Morgan fingerprint density at radius 3 is 2.54 bits per heavy atom. The molecule has 0 bridgehead atoms. The fourth-order valence-electron chi connectivity index (χ4n) is 3.34. The van der Waals surface area contributed by atoms with Crippen LogP contribution in [0.4, 0.5) is 0 Å². The van der Waals surface area contributed by atoms with E-state index in [-0.39, 0.29) is 29.0 Å². The summed E-state index contributed by atoms with van der Waals surface area (Å²) in [4.78, 5) is 24.8. The first kappa shape index (κ1) is 20.0. The summed E-state index contributed by atoms with van der Waals surface area (Å²) in [6.07, 6.45) is 2.24. The fraction of sp³-hybridized carbons (Fsp3) is 0.500. The van der Waals surface area contributed by atoms with E-state index < -0.39 is 12.1 Å². The maximum atomic E-state index is 12.5. The number of aliphatic hydroxyl groups excluding tert-OH is 1. The smallest absolute Gasteiger partial charge is 0.273 e. The van der Waals surface area contributed by atoms with Crippen LogP contribution < -0.4 is 10.6 Å². The summed E-state index contributed by atoms with van der Waals surface area (Å²) in [6, 6.07) is 8.97. The molecule has 1 fully saturated rings. The molecular weight excluding hydrogens is 358 g/mol. The third kappa shape index (κ3) is 4.95. The summed E-state index contributed by atoms with van der Waals surface area (Å²) in [6.45, 7) is 5.78. The Bertz CT molecular complexity index is 828. The SMILES string of the molecule is CC(C)(C)NC(=O)[C@H]1CC[C@H](NC(=O)c2cn(-c3ccccc3)nn2)[C@@H](O)C1. The molecular formula is C20H27N5O3. The molecule has 3 rings (SSSR count). The molecule has 0 radical (unpaired) electrons. The molecule has 1 saturated carbocycles. The molecule has 8 nitrogen and oxygen atoms in total. The third-order valence-electron chi connectivity index (χ3n) is 4.75. The van der Waals surface area contributed by atoms with E-state index in [1.807, 2.05) is 51.1 Å². The molecule has 28 heavy (non-hydrogen) atoms. The molecule has 1 aromatic carbocycles. The molecule has 3 atom stereocenters. The minimum Gasteiger partial charge on any atom is -0.391 e. The lowest BCUT2D eigenvalue weighted by Crippen LogP contribution is -2.51. The Labute approximate surface area is 164 Å². The molecule has 1 aliphatic carbocycles. The Hall–Kier alpha value is -2.74. The average Bonchev–Trinajstić information content (AvgIpc) is 3.13. The maximum Gasteiger partial charge on any atom is 0.273 e. The molecule has 1 heterocycles. The topological polar surface area (TPSA) is 109 Å². The summed E-state index contributed by atoms with van der Waals surface area (Å²) in [5, 5.41) is 24.1. The predicted octanol–water partition coefficient (Wildman–Crippen LogP) is 1.44. The van der Waals surface area contributed by atoms with Gasteiger partial charge >= 0.3 is 0 Å². The van der Waals surface area contributed by atoms with Gasteiger partial charge in [0.1, 0.15) is 0 Å². The molecule has 2 aromatic rings. The summed E-state index contributed by atoms with van der Waals surface area (Å²) in [5.41, 5.74) is 0.681. The number of nitrogens with zero attached hydrogens (tertiary/aromatic N) is 3. The van der Waals surface area contributed by atoms with Gasteiger partial charge in [-0.15, -0.1) is 5.10 Å². The Morgan fingerprint density at radius 2 is 1.89 bits per heavy atom. The van der Waals surface area contributed by atoms with E-state index in [0.717, 1.165) is 5.69 Å². The zero-order valence-electron chi connectivity index (χ0n) is 16.4. The highest BCUT2D eigenvalue weighted by Gasteiger charge is 2.35. The summed E-state index contributed by atoms with van der Waals surface area (Å²) in [7, 11) is 0. The number of amides is 2. The van der Waals surface area contributed by atoms with E-state index >= 15 is 0 Å². The van der Waals surface area contributed by atoms with Gasteiger partial charge in [0.25, 0.3) is 5.91 Å². The normalized spacial score (nSPS) is 22.5. The second-order valence-corrected chi connectivity index (χ2v) is 8.28. The number of carbonyl (C=O) groups is 2. The minimum absolute atomic E-state index is 0.0536. The van der Waals surface area contributed by atoms with E-state index in [1.54, 1.807) is 6.20 Å². The van der Waals surface area contributed by atoms with Crippen LogP contribution in [0.1, 0.15) is 50.5 Å². The van der Waals surface area contributed by atoms with Crippen molar-refractivity contribution in [2.24, 2.45) is 5.92 Å². The third-order valence-corrected chi connectivity index (χ3v) is 4.75. The molecule has 1 aliphatic rings. The highest BCUT2D eigenvalue weighted by molar-refractivity contribution is 5.92. The van der Waals surface area contributed by atoms with Gasteiger partial charge in [-0.25, -0.2) is 4.68 Å². The first-order valence-electron chi connectivity index (χ1n) is 9.51. The van der Waals surface area contributed by atoms with E-state index in [2.05, 4.69) is 20.9 Å². The molecule has 8 heteroatoms. The van der Waals surface area contributed by atoms with Crippen LogP contribution in [-0.4, -0.2) is 49.6 Å². The average molecular weight is 385 g/mol. The van der Waals surface area contributed by atoms with E-state index in [1.165, 1.54) is 4.68 Å². The first-order chi connectivity index (χ1) is 13.2. The number of aliphatic hydroxyl groups is 1. The maximum absolute atomic E-state index is 12.5. The Kier molecular flexibility index (Phi) is 5.79. The van der Waals surface area contributed by atoms with Crippen molar-refractivity contribution in [1.82, 2.24) is 25.6 Å². The van der Waals surface area contributed by atoms with Crippen molar-refractivity contribution in [3.8, 4) is 5.69 Å². The van der Waals surface area contributed by atoms with E-state index in [4.69, 9.17) is 0 Å². The van der Waals surface area contributed by atoms with Crippen molar-refractivity contribution in [2.75, 3.05) is 0 Å². The standard InChI is InChI=1S/C20H27N5O3/c1-20(2,3)22-18(27)13-9-10-15(17(26)11-13)21-19(28)16-12-25(24-23-16)14-7-5-4-6-8-14/h4-8,12-13,15,17,26H,9-11H2,1-3H3,(H,21,28)(H,22,27)/t13-,15-,17-/m0/s1. The second-order valence-electron chi connectivity index (χ2n) is 8.28. The number of benzene rings is 1. The van der Waals surface area contributed by atoms with Crippen LogP contribution in [0.3, 0.4) is 0 Å². The van der Waals surface area contributed by atoms with E-state index in [0.29, 0.717) is 19.3 Å². The van der Waals surface area contributed by atoms with Gasteiger partial charge in [0, 0.05) is 11.5 Å². The molecule has 0 saturated heterocycles. The lowest BCUT2D eigenvalue weighted by molar-refractivity contribution is -0.129. The van der Waals surface area contributed by atoms with Crippen LogP contribution in [0.25, 0.3) is 5.69 Å². The van der Waals surface area contributed by atoms with Gasteiger partial charge in [0.05, 0.1) is 24.0 Å². The van der Waals surface area contributed by atoms with Crippen molar-refractivity contribution in [1.29, 1.82) is 0 Å². The molecule has 150 valence electrons. The van der Waals surface area contributed by atoms with Crippen molar-refractivity contribution < 1.29 is 14.7 Å². The zero-order chi connectivity index (χ0) is 20.3. The van der Waals surface area contributed by atoms with Crippen molar-refractivity contribution in [3.63, 3.8) is 0 Å². The number of carbonyl (C=O) groups excluding carboxylic acids is 2. The van der Waals surface area contributed by atoms with Gasteiger partial charge in [0.2, 0.25) is 5.91 Å². The lowest BCUT2D eigenvalue weighted by atomic mass is 9.83. The lowest BCUT2D eigenvalue weighted by Gasteiger charge is -2.34. The highest BCUT2D eigenvalue weighted by atomic mass is 16.3. The van der Waals surface area contributed by atoms with Crippen molar-refractivity contribution >= 4 is 11.8 Å². The second kappa shape index (κ2) is 8.10. The summed E-state index contributed by atoms with van der Waals surface area (Å²) >= 11 is 0. The van der Waals surface area contributed by atoms with Gasteiger partial charge in [-0.3, -0.25) is 9.59 Å². The van der Waals surface area contributed by atoms with Crippen LogP contribution in [0.15, 0.2) is 36.5 Å². The summed E-state index contributed by atoms with van der Waals surface area (Å²) in [5.74, 6) is -0.688. The van der Waals surface area contributed by atoms with Gasteiger partial charge in [-0.1, -0.05) is 23.4 Å². The van der Waals surface area contributed by atoms with E-state index in [9.17, 15) is 14.7 Å². The number of rotatable bonds is 4. The fourth-order valence-corrected chi connectivity index (χ4v) is 3.34. The number of nitrogens with one attached hydrogen (secondary N) is 2. The van der Waals surface area contributed by atoms with Crippen LogP contribution in [-0.2, 0) is 4.79 Å². The highest BCUT2D eigenvalue weighted by Crippen LogP contribution is 2.26. The van der Waals surface area contributed by atoms with Gasteiger partial charge < -0.3 is 15.7 Å². The van der Waals surface area contributed by atoms with Gasteiger partial charge in [-0.05, 0) is 52.2 Å². The zero-order valence-corrected chi connectivity index (χ0v) is 16.4. The number of hydrogen-bond acceptors (Lipinski definition) is 5. The number of para-hydroxylation sites is 1. The quantitative estimate of drug-likeness (QED) is 0.738.